The van der Waals surface area contributed by atoms with Crippen molar-refractivity contribution in [2.45, 2.75) is 19.1 Å². The van der Waals surface area contributed by atoms with Crippen LogP contribution in [0.2, 0.25) is 0 Å². The van der Waals surface area contributed by atoms with Crippen molar-refractivity contribution in [1.29, 1.82) is 0 Å². The number of likely N-dealkylation sites (N-methyl/N-ethyl adjacent to an activating group) is 1. The highest BCUT2D eigenvalue weighted by Gasteiger charge is 2.30. The molecule has 0 aromatic heterocycles. The van der Waals surface area contributed by atoms with Gasteiger partial charge in [0.15, 0.2) is 6.10 Å². The van der Waals surface area contributed by atoms with Gasteiger partial charge in [0.2, 0.25) is 0 Å². The molecule has 0 radical (unpaired) electrons. The highest BCUT2D eigenvalue weighted by Crippen LogP contribution is 2.36. The third-order valence-electron chi connectivity index (χ3n) is 3.86. The van der Waals surface area contributed by atoms with Crippen LogP contribution < -0.4 is 10.6 Å². The van der Waals surface area contributed by atoms with E-state index in [1.807, 2.05) is 67.8 Å². The molecule has 0 fully saturated rings. The maximum absolute atomic E-state index is 13.1. The molecule has 2 unspecified atom stereocenters. The average molecular weight is 761 g/mol. The van der Waals surface area contributed by atoms with Crippen molar-refractivity contribution >= 4 is 91.2 Å². The Bertz CT molecular complexity index is 823. The molecule has 6 N–H and O–H groups in total. The van der Waals surface area contributed by atoms with Gasteiger partial charge >= 0.3 is 0 Å². The quantitative estimate of drug-likeness (QED) is 0.193. The lowest BCUT2D eigenvalue weighted by molar-refractivity contribution is -0.125. The third kappa shape index (κ3) is 6.58. The Morgan fingerprint density at radius 2 is 1.57 bits per heavy atom. The van der Waals surface area contributed by atoms with E-state index in [-0.39, 0.29) is 23.4 Å². The fourth-order valence-corrected chi connectivity index (χ4v) is 6.73. The van der Waals surface area contributed by atoms with E-state index in [1.54, 1.807) is 6.92 Å². The minimum Gasteiger partial charge on any atom is -0.394 e. The summed E-state index contributed by atoms with van der Waals surface area (Å²) in [7, 11) is 1.44. The highest BCUT2D eigenvalue weighted by atomic mass is 127. The first-order chi connectivity index (χ1) is 14.0. The molecule has 0 bridgehead atoms. The van der Waals surface area contributed by atoms with Crippen LogP contribution in [0.15, 0.2) is 0 Å². The monoisotopic (exact) mass is 761 g/mol. The lowest BCUT2D eigenvalue weighted by Gasteiger charge is -2.24. The van der Waals surface area contributed by atoms with E-state index in [9.17, 15) is 24.6 Å². The molecule has 0 saturated carbocycles. The van der Waals surface area contributed by atoms with Crippen LogP contribution in [0.5, 0.6) is 0 Å². The molecular formula is C17H22I3N3O7. The summed E-state index contributed by atoms with van der Waals surface area (Å²) >= 11 is 5.60. The second kappa shape index (κ2) is 12.6. The summed E-state index contributed by atoms with van der Waals surface area (Å²) in [5, 5.41) is 42.5. The second-order valence-electron chi connectivity index (χ2n) is 6.14. The number of nitrogens with one attached hydrogen (secondary N) is 2. The fourth-order valence-electron chi connectivity index (χ4n) is 2.35. The molecule has 0 saturated heterocycles. The van der Waals surface area contributed by atoms with Crippen LogP contribution in [-0.2, 0) is 4.79 Å². The van der Waals surface area contributed by atoms with Gasteiger partial charge in [-0.25, -0.2) is 0 Å². The predicted octanol–water partition coefficient (Wildman–Crippen LogP) is -0.0330. The Morgan fingerprint density at radius 3 is 2.07 bits per heavy atom. The zero-order valence-electron chi connectivity index (χ0n) is 16.1. The topological polar surface area (TPSA) is 159 Å². The number of carbonyl (C=O) groups excluding carboxylic acids is 3. The molecular weight excluding hydrogens is 739 g/mol. The molecule has 0 aliphatic heterocycles. The standard InChI is InChI=1S/C17H22I3N3O7/c1-3-21-16(29)9-11(18)10(17(30)23(2)4-7(26)5-24)13(20)14(12(9)19)22-15(28)8(27)6-25/h7-8,24-27H,3-6H2,1-2H3,(H,21,29)(H,22,28). The van der Waals surface area contributed by atoms with Crippen molar-refractivity contribution in [3.63, 3.8) is 0 Å². The SMILES string of the molecule is CCNC(=O)c1c(I)c(NC(=O)C(O)CO)c(I)c(C(=O)N(C)CC(O)CO)c1I. The van der Waals surface area contributed by atoms with Crippen LogP contribution in [0.3, 0.4) is 0 Å². The lowest BCUT2D eigenvalue weighted by atomic mass is 10.1. The number of aliphatic hydroxyl groups excluding tert-OH is 4. The van der Waals surface area contributed by atoms with E-state index in [2.05, 4.69) is 10.6 Å². The Kier molecular flexibility index (Phi) is 11.7. The maximum atomic E-state index is 13.1. The number of aliphatic hydroxyl groups is 4. The minimum atomic E-state index is -1.68. The fraction of sp³-hybridized carbons (Fsp3) is 0.471. The zero-order valence-corrected chi connectivity index (χ0v) is 22.6. The van der Waals surface area contributed by atoms with Crippen LogP contribution >= 0.6 is 67.8 Å². The number of amides is 3. The molecule has 30 heavy (non-hydrogen) atoms. The molecule has 0 aliphatic rings. The number of halogens is 3. The summed E-state index contributed by atoms with van der Waals surface area (Å²) in [6, 6.07) is 0. The first-order valence-corrected chi connectivity index (χ1v) is 11.9. The Balaban J connectivity index is 3.65. The van der Waals surface area contributed by atoms with Gasteiger partial charge in [-0.15, -0.1) is 0 Å². The van der Waals surface area contributed by atoms with Crippen LogP contribution in [0.4, 0.5) is 5.69 Å². The summed E-state index contributed by atoms with van der Waals surface area (Å²) in [4.78, 5) is 39.1. The predicted molar refractivity (Wildman–Crippen MR) is 134 cm³/mol. The van der Waals surface area contributed by atoms with Crippen molar-refractivity contribution in [2.24, 2.45) is 0 Å². The maximum Gasteiger partial charge on any atom is 0.255 e. The Labute approximate surface area is 214 Å². The number of rotatable bonds is 9. The van der Waals surface area contributed by atoms with E-state index in [0.29, 0.717) is 17.3 Å². The van der Waals surface area contributed by atoms with Gasteiger partial charge in [0.1, 0.15) is 0 Å². The Hall–Kier alpha value is -0.340. The molecule has 1 aromatic carbocycles. The normalized spacial score (nSPS) is 12.8. The van der Waals surface area contributed by atoms with Crippen molar-refractivity contribution in [3.8, 4) is 0 Å². The number of hydrogen-bond donors (Lipinski definition) is 6. The Morgan fingerprint density at radius 1 is 1.00 bits per heavy atom. The lowest BCUT2D eigenvalue weighted by Crippen LogP contribution is -2.38. The van der Waals surface area contributed by atoms with Gasteiger partial charge in [-0.05, 0) is 74.7 Å². The summed E-state index contributed by atoms with van der Waals surface area (Å²) in [6.45, 7) is 0.618. The minimum absolute atomic E-state index is 0.124. The smallest absolute Gasteiger partial charge is 0.255 e. The zero-order chi connectivity index (χ0) is 23.2. The molecule has 0 aliphatic carbocycles. The van der Waals surface area contributed by atoms with Gasteiger partial charge in [-0.2, -0.15) is 0 Å². The summed E-state index contributed by atoms with van der Waals surface area (Å²) in [5.41, 5.74) is 0.445. The highest BCUT2D eigenvalue weighted by molar-refractivity contribution is 14.1. The van der Waals surface area contributed by atoms with Gasteiger partial charge in [-0.1, -0.05) is 0 Å². The summed E-state index contributed by atoms with van der Waals surface area (Å²) in [6.07, 6.45) is -2.81. The first-order valence-electron chi connectivity index (χ1n) is 8.64. The van der Waals surface area contributed by atoms with E-state index >= 15 is 0 Å². The van der Waals surface area contributed by atoms with E-state index < -0.39 is 43.1 Å². The molecule has 0 spiro atoms. The number of anilines is 1. The first kappa shape index (κ1) is 27.7. The van der Waals surface area contributed by atoms with Gasteiger partial charge in [0.05, 0.1) is 43.3 Å². The van der Waals surface area contributed by atoms with Gasteiger partial charge in [0.25, 0.3) is 17.7 Å². The second-order valence-corrected chi connectivity index (χ2v) is 9.37. The number of nitrogens with zero attached hydrogens (tertiary/aromatic N) is 1. The molecule has 13 heteroatoms. The van der Waals surface area contributed by atoms with Crippen molar-refractivity contribution in [3.05, 3.63) is 21.8 Å². The van der Waals surface area contributed by atoms with Gasteiger partial charge in [0, 0.05) is 23.7 Å². The van der Waals surface area contributed by atoms with E-state index in [0.717, 1.165) is 0 Å². The van der Waals surface area contributed by atoms with Crippen molar-refractivity contribution < 1.29 is 34.8 Å². The molecule has 168 valence electrons. The number of hydrogen-bond acceptors (Lipinski definition) is 7. The largest absolute Gasteiger partial charge is 0.394 e. The molecule has 10 nitrogen and oxygen atoms in total. The third-order valence-corrected chi connectivity index (χ3v) is 7.10. The van der Waals surface area contributed by atoms with Gasteiger partial charge < -0.3 is 36.0 Å². The van der Waals surface area contributed by atoms with Crippen molar-refractivity contribution in [1.82, 2.24) is 10.2 Å². The van der Waals surface area contributed by atoms with Gasteiger partial charge in [-0.3, -0.25) is 14.4 Å². The molecule has 3 amide bonds. The van der Waals surface area contributed by atoms with Crippen LogP contribution in [0.1, 0.15) is 27.6 Å². The molecule has 0 heterocycles. The molecule has 2 atom stereocenters. The van der Waals surface area contributed by atoms with Crippen molar-refractivity contribution in [2.75, 3.05) is 38.7 Å². The van der Waals surface area contributed by atoms with Crippen LogP contribution in [-0.4, -0.2) is 88.6 Å². The molecule has 1 aromatic rings. The molecule has 1 rings (SSSR count). The summed E-state index contributed by atoms with van der Waals surface area (Å²) < 4.78 is 1.03. The summed E-state index contributed by atoms with van der Waals surface area (Å²) in [5.74, 6) is -1.87. The van der Waals surface area contributed by atoms with Crippen LogP contribution in [0, 0.1) is 10.7 Å². The van der Waals surface area contributed by atoms with Crippen LogP contribution in [0.25, 0.3) is 0 Å². The van der Waals surface area contributed by atoms with E-state index in [4.69, 9.17) is 10.2 Å². The van der Waals surface area contributed by atoms with E-state index in [1.165, 1.54) is 11.9 Å². The number of carbonyl (C=O) groups is 3. The average Bonchev–Trinajstić information content (AvgIpc) is 2.70. The number of benzene rings is 1.